The van der Waals surface area contributed by atoms with Crippen molar-refractivity contribution in [1.29, 1.82) is 0 Å². The normalized spacial score (nSPS) is 25.4. The molecule has 0 bridgehead atoms. The van der Waals surface area contributed by atoms with Gasteiger partial charge in [-0.25, -0.2) is 4.98 Å². The highest BCUT2D eigenvalue weighted by Gasteiger charge is 2.47. The van der Waals surface area contributed by atoms with Gasteiger partial charge in [-0.05, 0) is 6.92 Å². The number of anilines is 1. The lowest BCUT2D eigenvalue weighted by molar-refractivity contribution is -0.183. The van der Waals surface area contributed by atoms with Crippen molar-refractivity contribution >= 4 is 17.1 Å². The third-order valence-electron chi connectivity index (χ3n) is 4.12. The molecule has 0 spiro atoms. The highest BCUT2D eigenvalue weighted by molar-refractivity contribution is 5.70. The van der Waals surface area contributed by atoms with Crippen LogP contribution in [0.4, 0.5) is 5.95 Å². The first kappa shape index (κ1) is 16.8. The number of hydrogen-bond donors (Lipinski definition) is 2. The van der Waals surface area contributed by atoms with Crippen molar-refractivity contribution in [1.82, 2.24) is 19.5 Å². The second-order valence-corrected chi connectivity index (χ2v) is 5.73. The summed E-state index contributed by atoms with van der Waals surface area (Å²) in [6.45, 7) is 2.88. The molecule has 1 aliphatic rings. The monoisotopic (exact) mass is 339 g/mol. The Morgan fingerprint density at radius 2 is 2.38 bits per heavy atom. The molecule has 2 unspecified atom stereocenters. The minimum Gasteiger partial charge on any atom is -0.381 e. The number of fused-ring (bicyclic) bond motifs is 1. The van der Waals surface area contributed by atoms with Gasteiger partial charge in [0.15, 0.2) is 11.2 Å². The van der Waals surface area contributed by atoms with Gasteiger partial charge in [-0.3, -0.25) is 14.3 Å². The van der Waals surface area contributed by atoms with E-state index in [1.807, 2.05) is 6.92 Å². The number of H-pyrrole nitrogens is 1. The van der Waals surface area contributed by atoms with E-state index in [4.69, 9.17) is 24.7 Å². The van der Waals surface area contributed by atoms with Gasteiger partial charge in [0.05, 0.1) is 26.1 Å². The maximum absolute atomic E-state index is 11.9. The summed E-state index contributed by atoms with van der Waals surface area (Å²) in [7, 11) is 3.20. The highest BCUT2D eigenvalue weighted by Crippen LogP contribution is 2.31. The lowest BCUT2D eigenvalue weighted by Gasteiger charge is -2.35. The molecular formula is C14H21N5O5. The Hall–Kier alpha value is -2.01. The summed E-state index contributed by atoms with van der Waals surface area (Å²) in [6, 6.07) is 0. The predicted molar refractivity (Wildman–Crippen MR) is 84.6 cm³/mol. The maximum Gasteiger partial charge on any atom is 0.280 e. The van der Waals surface area contributed by atoms with E-state index in [0.717, 1.165) is 0 Å². The summed E-state index contributed by atoms with van der Waals surface area (Å²) >= 11 is 0. The molecule has 1 fully saturated rings. The van der Waals surface area contributed by atoms with Gasteiger partial charge in [0, 0.05) is 14.2 Å². The zero-order valence-corrected chi connectivity index (χ0v) is 13.8. The van der Waals surface area contributed by atoms with Crippen LogP contribution in [0, 0.1) is 0 Å². The second-order valence-electron chi connectivity index (χ2n) is 5.73. The van der Waals surface area contributed by atoms with Crippen LogP contribution in [-0.2, 0) is 18.9 Å². The fourth-order valence-electron chi connectivity index (χ4n) is 2.99. The number of nitrogen functional groups attached to an aromatic ring is 1. The summed E-state index contributed by atoms with van der Waals surface area (Å²) in [5, 5.41) is 0. The first-order chi connectivity index (χ1) is 11.5. The van der Waals surface area contributed by atoms with Crippen LogP contribution < -0.4 is 11.3 Å². The largest absolute Gasteiger partial charge is 0.381 e. The van der Waals surface area contributed by atoms with Gasteiger partial charge in [-0.2, -0.15) is 4.98 Å². The van der Waals surface area contributed by atoms with Crippen molar-refractivity contribution in [3.63, 3.8) is 0 Å². The van der Waals surface area contributed by atoms with Gasteiger partial charge in [-0.15, -0.1) is 0 Å². The molecule has 10 nitrogen and oxygen atoms in total. The molecule has 0 aliphatic carbocycles. The number of ether oxygens (including phenoxy) is 4. The third kappa shape index (κ3) is 2.77. The van der Waals surface area contributed by atoms with Crippen molar-refractivity contribution in [2.75, 3.05) is 39.8 Å². The summed E-state index contributed by atoms with van der Waals surface area (Å²) in [5.74, 6) is 0.0204. The quantitative estimate of drug-likeness (QED) is 0.732. The summed E-state index contributed by atoms with van der Waals surface area (Å²) in [4.78, 5) is 22.5. The van der Waals surface area contributed by atoms with Crippen LogP contribution in [0.15, 0.2) is 11.1 Å². The lowest BCUT2D eigenvalue weighted by Crippen LogP contribution is -2.50. The standard InChI is InChI=1S/C14H21N5O5/c1-8(24-14(5-21-2)6-23-4-9(14)22-3)19-7-16-10-11(19)17-13(15)18-12(10)20/h7-9H,4-6H2,1-3H3,(H3,15,17,18,20)/t8?,9?,14-/m0/s1. The average molecular weight is 339 g/mol. The van der Waals surface area contributed by atoms with E-state index in [1.165, 1.54) is 6.33 Å². The smallest absolute Gasteiger partial charge is 0.280 e. The number of methoxy groups -OCH3 is 2. The number of rotatable bonds is 6. The molecule has 2 aromatic rings. The molecule has 0 aromatic carbocycles. The highest BCUT2D eigenvalue weighted by atomic mass is 16.6. The van der Waals surface area contributed by atoms with Gasteiger partial charge in [-0.1, -0.05) is 0 Å². The molecule has 3 N–H and O–H groups in total. The Morgan fingerprint density at radius 3 is 3.08 bits per heavy atom. The molecule has 10 heteroatoms. The molecule has 0 radical (unpaired) electrons. The number of aromatic amines is 1. The van der Waals surface area contributed by atoms with Gasteiger partial charge >= 0.3 is 0 Å². The number of hydrogen-bond acceptors (Lipinski definition) is 8. The van der Waals surface area contributed by atoms with E-state index in [2.05, 4.69) is 15.0 Å². The zero-order chi connectivity index (χ0) is 17.3. The Morgan fingerprint density at radius 1 is 1.58 bits per heavy atom. The van der Waals surface area contributed by atoms with E-state index in [9.17, 15) is 4.79 Å². The lowest BCUT2D eigenvalue weighted by atomic mass is 10.0. The minimum atomic E-state index is -0.758. The average Bonchev–Trinajstić information content (AvgIpc) is 3.11. The molecule has 0 saturated carbocycles. The van der Waals surface area contributed by atoms with Crippen LogP contribution >= 0.6 is 0 Å². The van der Waals surface area contributed by atoms with Crippen molar-refractivity contribution < 1.29 is 18.9 Å². The number of nitrogens with zero attached hydrogens (tertiary/aromatic N) is 3. The van der Waals surface area contributed by atoms with E-state index in [-0.39, 0.29) is 17.6 Å². The van der Waals surface area contributed by atoms with Crippen molar-refractivity contribution in [3.8, 4) is 0 Å². The van der Waals surface area contributed by atoms with Crippen LogP contribution in [0.25, 0.3) is 11.2 Å². The number of aromatic nitrogens is 4. The number of nitrogens with one attached hydrogen (secondary N) is 1. The fourth-order valence-corrected chi connectivity index (χ4v) is 2.99. The molecule has 0 amide bonds. The molecule has 24 heavy (non-hydrogen) atoms. The van der Waals surface area contributed by atoms with Gasteiger partial charge in [0.25, 0.3) is 5.56 Å². The molecule has 3 heterocycles. The second kappa shape index (κ2) is 6.48. The Bertz CT molecular complexity index is 774. The first-order valence-electron chi connectivity index (χ1n) is 7.50. The summed E-state index contributed by atoms with van der Waals surface area (Å²) < 4.78 is 24.2. The van der Waals surface area contributed by atoms with Crippen LogP contribution in [0.3, 0.4) is 0 Å². The molecular weight excluding hydrogens is 318 g/mol. The van der Waals surface area contributed by atoms with Crippen molar-refractivity contribution in [3.05, 3.63) is 16.7 Å². The third-order valence-corrected chi connectivity index (χ3v) is 4.12. The molecule has 3 atom stereocenters. The van der Waals surface area contributed by atoms with Gasteiger partial charge in [0.2, 0.25) is 5.95 Å². The fraction of sp³-hybridized carbons (Fsp3) is 0.643. The first-order valence-corrected chi connectivity index (χ1v) is 7.50. The van der Waals surface area contributed by atoms with E-state index in [0.29, 0.717) is 25.5 Å². The topological polar surface area (TPSA) is 127 Å². The summed E-state index contributed by atoms with van der Waals surface area (Å²) in [6.07, 6.45) is 0.740. The summed E-state index contributed by atoms with van der Waals surface area (Å²) in [5.41, 5.74) is 5.02. The van der Waals surface area contributed by atoms with Gasteiger partial charge in [0.1, 0.15) is 17.9 Å². The molecule has 2 aromatic heterocycles. The van der Waals surface area contributed by atoms with Crippen LogP contribution in [-0.4, -0.2) is 65.3 Å². The van der Waals surface area contributed by atoms with Crippen LogP contribution in [0.5, 0.6) is 0 Å². The maximum atomic E-state index is 11.9. The molecule has 3 rings (SSSR count). The van der Waals surface area contributed by atoms with Crippen molar-refractivity contribution in [2.45, 2.75) is 24.9 Å². The molecule has 1 saturated heterocycles. The Kier molecular flexibility index (Phi) is 4.54. The van der Waals surface area contributed by atoms with Crippen molar-refractivity contribution in [2.24, 2.45) is 0 Å². The zero-order valence-electron chi connectivity index (χ0n) is 13.8. The van der Waals surface area contributed by atoms with E-state index < -0.39 is 17.4 Å². The van der Waals surface area contributed by atoms with E-state index >= 15 is 0 Å². The SMILES string of the molecule is COC[C@]1(OC(C)n2cnc3c(=O)[nH]c(N)nc32)COCC1OC. The Labute approximate surface area is 137 Å². The van der Waals surface area contributed by atoms with E-state index in [1.54, 1.807) is 18.8 Å². The number of nitrogens with two attached hydrogens (primary N) is 1. The van der Waals surface area contributed by atoms with Gasteiger partial charge < -0.3 is 24.7 Å². The molecule has 1 aliphatic heterocycles. The van der Waals surface area contributed by atoms with Crippen LogP contribution in [0.1, 0.15) is 13.2 Å². The van der Waals surface area contributed by atoms with Crippen LogP contribution in [0.2, 0.25) is 0 Å². The predicted octanol–water partition coefficient (Wildman–Crippen LogP) is -0.333. The minimum absolute atomic E-state index is 0.0204. The molecule has 132 valence electrons. The number of imidazole rings is 1. The Balaban J connectivity index is 1.94.